The molecule has 2 rings (SSSR count). The Balaban J connectivity index is 2.47. The molecule has 5 heteroatoms. The average molecular weight is 361 g/mol. The Kier molecular flexibility index (Phi) is 6.25. The molecule has 0 amide bonds. The maximum Gasteiger partial charge on any atom is 0.239 e. The first-order valence-corrected chi connectivity index (χ1v) is 10.1. The number of rotatable bonds is 7. The third-order valence-corrected chi connectivity index (χ3v) is 6.23. The van der Waals surface area contributed by atoms with Crippen molar-refractivity contribution >= 4 is 15.7 Å². The Morgan fingerprint density at radius 3 is 2.00 bits per heavy atom. The van der Waals surface area contributed by atoms with Crippen molar-refractivity contribution in [2.45, 2.75) is 32.6 Å². The molecule has 136 valence electrons. The molecule has 0 fully saturated rings. The Labute approximate surface area is 152 Å². The van der Waals surface area contributed by atoms with E-state index in [9.17, 15) is 8.42 Å². The van der Waals surface area contributed by atoms with Crippen LogP contribution in [-0.2, 0) is 15.8 Å². The van der Waals surface area contributed by atoms with Crippen LogP contribution >= 0.6 is 0 Å². The van der Waals surface area contributed by atoms with E-state index in [1.165, 1.54) is 0 Å². The minimum atomic E-state index is -3.50. The van der Waals surface area contributed by atoms with Crippen LogP contribution in [0.25, 0.3) is 0 Å². The van der Waals surface area contributed by atoms with Gasteiger partial charge in [0.05, 0.1) is 11.4 Å². The zero-order valence-electron chi connectivity index (χ0n) is 15.7. The van der Waals surface area contributed by atoms with Crippen LogP contribution in [0.1, 0.15) is 23.6 Å². The molecule has 2 aromatic carbocycles. The standard InChI is InChI=1S/C20H28N2O2S/c1-16-10-9-11-17(2)20(16)22(14-18(3)21(4)5)25(23,24)15-19-12-7-6-8-13-19/h6-13,18H,14-15H2,1-5H3. The van der Waals surface area contributed by atoms with Crippen LogP contribution in [-0.4, -0.2) is 40.0 Å². The lowest BCUT2D eigenvalue weighted by Crippen LogP contribution is -2.43. The van der Waals surface area contributed by atoms with E-state index in [4.69, 9.17) is 0 Å². The highest BCUT2D eigenvalue weighted by Gasteiger charge is 2.27. The van der Waals surface area contributed by atoms with Crippen LogP contribution in [0.4, 0.5) is 5.69 Å². The fraction of sp³-hybridized carbons (Fsp3) is 0.400. The normalized spacial score (nSPS) is 13.0. The highest BCUT2D eigenvalue weighted by Crippen LogP contribution is 2.29. The highest BCUT2D eigenvalue weighted by atomic mass is 32.2. The van der Waals surface area contributed by atoms with Crippen molar-refractivity contribution in [1.82, 2.24) is 4.90 Å². The van der Waals surface area contributed by atoms with Crippen molar-refractivity contribution < 1.29 is 8.42 Å². The van der Waals surface area contributed by atoms with Gasteiger partial charge in [-0.05, 0) is 51.6 Å². The number of likely N-dealkylation sites (N-methyl/N-ethyl adjacent to an activating group) is 1. The van der Waals surface area contributed by atoms with Crippen molar-refractivity contribution in [3.8, 4) is 0 Å². The number of sulfonamides is 1. The maximum atomic E-state index is 13.3. The second-order valence-electron chi connectivity index (χ2n) is 6.83. The number of anilines is 1. The fourth-order valence-corrected chi connectivity index (χ4v) is 4.59. The van der Waals surface area contributed by atoms with Crippen molar-refractivity contribution in [2.75, 3.05) is 24.9 Å². The molecule has 0 radical (unpaired) electrons. The van der Waals surface area contributed by atoms with Gasteiger partial charge in [-0.25, -0.2) is 8.42 Å². The maximum absolute atomic E-state index is 13.3. The number of hydrogen-bond donors (Lipinski definition) is 0. The van der Waals surface area contributed by atoms with E-state index in [1.54, 1.807) is 4.31 Å². The largest absolute Gasteiger partial charge is 0.305 e. The SMILES string of the molecule is Cc1cccc(C)c1N(CC(C)N(C)C)S(=O)(=O)Cc1ccccc1. The van der Waals surface area contributed by atoms with Crippen LogP contribution in [0.2, 0.25) is 0 Å². The monoisotopic (exact) mass is 360 g/mol. The number of hydrogen-bond acceptors (Lipinski definition) is 3. The minimum absolute atomic E-state index is 0.00175. The minimum Gasteiger partial charge on any atom is -0.305 e. The van der Waals surface area contributed by atoms with E-state index < -0.39 is 10.0 Å². The summed E-state index contributed by atoms with van der Waals surface area (Å²) in [7, 11) is 0.444. The topological polar surface area (TPSA) is 40.6 Å². The van der Waals surface area contributed by atoms with Gasteiger partial charge in [0.2, 0.25) is 10.0 Å². The third-order valence-electron chi connectivity index (χ3n) is 4.53. The van der Waals surface area contributed by atoms with Gasteiger partial charge in [-0.3, -0.25) is 4.31 Å². The van der Waals surface area contributed by atoms with E-state index in [0.29, 0.717) is 6.54 Å². The molecule has 0 aliphatic heterocycles. The van der Waals surface area contributed by atoms with E-state index in [0.717, 1.165) is 22.4 Å². The van der Waals surface area contributed by atoms with Gasteiger partial charge in [0.1, 0.15) is 0 Å². The second kappa shape index (κ2) is 8.02. The zero-order chi connectivity index (χ0) is 18.6. The first kappa shape index (κ1) is 19.5. The smallest absolute Gasteiger partial charge is 0.239 e. The summed E-state index contributed by atoms with van der Waals surface area (Å²) in [5.41, 5.74) is 3.55. The summed E-state index contributed by atoms with van der Waals surface area (Å²) in [6, 6.07) is 15.4. The molecular formula is C20H28N2O2S. The molecule has 0 saturated carbocycles. The van der Waals surface area contributed by atoms with E-state index >= 15 is 0 Å². The molecule has 0 bridgehead atoms. The van der Waals surface area contributed by atoms with Crippen LogP contribution in [0.5, 0.6) is 0 Å². The van der Waals surface area contributed by atoms with Crippen molar-refractivity contribution in [2.24, 2.45) is 0 Å². The lowest BCUT2D eigenvalue weighted by molar-refractivity contribution is 0.320. The summed E-state index contributed by atoms with van der Waals surface area (Å²) in [4.78, 5) is 2.04. The summed E-state index contributed by atoms with van der Waals surface area (Å²) in [5, 5.41) is 0. The highest BCUT2D eigenvalue weighted by molar-refractivity contribution is 7.92. The van der Waals surface area contributed by atoms with Crippen LogP contribution in [0, 0.1) is 13.8 Å². The van der Waals surface area contributed by atoms with Gasteiger partial charge in [0, 0.05) is 12.6 Å². The molecule has 1 atom stereocenters. The molecule has 1 unspecified atom stereocenters. The van der Waals surface area contributed by atoms with Crippen molar-refractivity contribution in [3.05, 3.63) is 65.2 Å². The summed E-state index contributed by atoms with van der Waals surface area (Å²) < 4.78 is 28.1. The molecule has 0 aliphatic carbocycles. The zero-order valence-corrected chi connectivity index (χ0v) is 16.5. The molecule has 25 heavy (non-hydrogen) atoms. The lowest BCUT2D eigenvalue weighted by Gasteiger charge is -2.32. The first-order valence-electron chi connectivity index (χ1n) is 8.49. The molecule has 0 aliphatic rings. The number of aryl methyl sites for hydroxylation is 2. The molecule has 0 saturated heterocycles. The first-order chi connectivity index (χ1) is 11.7. The van der Waals surface area contributed by atoms with Gasteiger partial charge in [0.15, 0.2) is 0 Å². The van der Waals surface area contributed by atoms with Gasteiger partial charge in [0.25, 0.3) is 0 Å². The Bertz CT molecular complexity index is 781. The Hall–Kier alpha value is -1.85. The number of para-hydroxylation sites is 1. The molecule has 2 aromatic rings. The fourth-order valence-electron chi connectivity index (χ4n) is 2.81. The van der Waals surface area contributed by atoms with Crippen LogP contribution in [0.3, 0.4) is 0 Å². The van der Waals surface area contributed by atoms with Gasteiger partial charge in [-0.15, -0.1) is 0 Å². The third kappa shape index (κ3) is 4.83. The van der Waals surface area contributed by atoms with Gasteiger partial charge < -0.3 is 4.90 Å². The van der Waals surface area contributed by atoms with Crippen molar-refractivity contribution in [3.63, 3.8) is 0 Å². The summed E-state index contributed by atoms with van der Waals surface area (Å²) in [6.45, 7) is 6.40. The summed E-state index contributed by atoms with van der Waals surface area (Å²) >= 11 is 0. The number of benzene rings is 2. The van der Waals surface area contributed by atoms with Gasteiger partial charge in [-0.2, -0.15) is 0 Å². The molecule has 0 heterocycles. The molecule has 0 N–H and O–H groups in total. The molecule has 0 spiro atoms. The predicted molar refractivity (Wildman–Crippen MR) is 105 cm³/mol. The van der Waals surface area contributed by atoms with E-state index in [1.807, 2.05) is 88.3 Å². The molecule has 0 aromatic heterocycles. The average Bonchev–Trinajstić information content (AvgIpc) is 2.53. The quantitative estimate of drug-likeness (QED) is 0.758. The summed E-state index contributed by atoms with van der Waals surface area (Å²) in [6.07, 6.45) is 0. The van der Waals surface area contributed by atoms with Gasteiger partial charge in [-0.1, -0.05) is 48.5 Å². The van der Waals surface area contributed by atoms with Crippen molar-refractivity contribution in [1.29, 1.82) is 0 Å². The summed E-state index contributed by atoms with van der Waals surface area (Å²) in [5.74, 6) is 0.00175. The number of nitrogens with zero attached hydrogens (tertiary/aromatic N) is 2. The Morgan fingerprint density at radius 2 is 1.48 bits per heavy atom. The van der Waals surface area contributed by atoms with Crippen LogP contribution < -0.4 is 4.31 Å². The Morgan fingerprint density at radius 1 is 0.920 bits per heavy atom. The van der Waals surface area contributed by atoms with Crippen LogP contribution in [0.15, 0.2) is 48.5 Å². The molecular weight excluding hydrogens is 332 g/mol. The van der Waals surface area contributed by atoms with Gasteiger partial charge >= 0.3 is 0 Å². The second-order valence-corrected chi connectivity index (χ2v) is 8.72. The van der Waals surface area contributed by atoms with E-state index in [2.05, 4.69) is 0 Å². The predicted octanol–water partition coefficient (Wildman–Crippen LogP) is 3.59. The van der Waals surface area contributed by atoms with E-state index in [-0.39, 0.29) is 11.8 Å². The lowest BCUT2D eigenvalue weighted by atomic mass is 10.1. The molecule has 4 nitrogen and oxygen atoms in total.